The number of nitrogens with zero attached hydrogens (tertiary/aromatic N) is 1. The van der Waals surface area contributed by atoms with Crippen molar-refractivity contribution in [2.75, 3.05) is 6.54 Å². The predicted octanol–water partition coefficient (Wildman–Crippen LogP) is 1.90. The number of halogens is 1. The molecule has 0 fully saturated rings. The van der Waals surface area contributed by atoms with Gasteiger partial charge in [-0.15, -0.1) is 0 Å². The van der Waals surface area contributed by atoms with Crippen molar-refractivity contribution in [3.05, 3.63) is 29.8 Å². The Morgan fingerprint density at radius 2 is 2.21 bits per heavy atom. The van der Waals surface area contributed by atoms with E-state index in [1.807, 2.05) is 12.1 Å². The minimum absolute atomic E-state index is 0.149. The van der Waals surface area contributed by atoms with Gasteiger partial charge >= 0.3 is 0 Å². The van der Waals surface area contributed by atoms with Crippen LogP contribution >= 0.6 is 25.0 Å². The van der Waals surface area contributed by atoms with Crippen LogP contribution < -0.4 is 11.5 Å². The Kier molecular flexibility index (Phi) is 4.82. The number of guanidine groups is 1. The summed E-state index contributed by atoms with van der Waals surface area (Å²) >= 11 is 3.33. The fraction of sp³-hybridized carbons (Fsp3) is 0.222. The number of benzene rings is 1. The van der Waals surface area contributed by atoms with E-state index in [4.69, 9.17) is 11.5 Å². The summed E-state index contributed by atoms with van der Waals surface area (Å²) in [6, 6.07) is 8.24. The predicted molar refractivity (Wildman–Crippen MR) is 65.6 cm³/mol. The lowest BCUT2D eigenvalue weighted by molar-refractivity contribution is 0.958. The number of hydrogen-bond acceptors (Lipinski definition) is 2. The van der Waals surface area contributed by atoms with Crippen LogP contribution in [0.2, 0.25) is 0 Å². The molecule has 0 amide bonds. The van der Waals surface area contributed by atoms with E-state index in [0.29, 0.717) is 6.54 Å². The molecule has 0 spiro atoms. The third-order valence-electron chi connectivity index (χ3n) is 1.68. The van der Waals surface area contributed by atoms with E-state index in [1.54, 1.807) is 10.2 Å². The largest absolute Gasteiger partial charge is 0.370 e. The molecule has 1 aromatic carbocycles. The lowest BCUT2D eigenvalue weighted by Crippen LogP contribution is -2.23. The third kappa shape index (κ3) is 4.02. The Morgan fingerprint density at radius 1 is 1.43 bits per heavy atom. The van der Waals surface area contributed by atoms with Crippen molar-refractivity contribution in [1.82, 2.24) is 0 Å². The maximum absolute atomic E-state index is 5.23. The highest BCUT2D eigenvalue weighted by Crippen LogP contribution is 2.24. The molecule has 1 aromatic rings. The zero-order valence-corrected chi connectivity index (χ0v) is 10.0. The van der Waals surface area contributed by atoms with Crippen molar-refractivity contribution < 1.29 is 0 Å². The van der Waals surface area contributed by atoms with Crippen LogP contribution in [0, 0.1) is 0 Å². The molecule has 4 N–H and O–H groups in total. The fourth-order valence-corrected chi connectivity index (χ4v) is 1.99. The summed E-state index contributed by atoms with van der Waals surface area (Å²) in [5.41, 5.74) is 11.7. The van der Waals surface area contributed by atoms with Crippen molar-refractivity contribution in [2.24, 2.45) is 16.5 Å². The van der Waals surface area contributed by atoms with Crippen molar-refractivity contribution in [3.63, 3.8) is 0 Å². The maximum Gasteiger partial charge on any atom is 0.185 e. The first-order valence-electron chi connectivity index (χ1n) is 4.15. The van der Waals surface area contributed by atoms with E-state index in [0.717, 1.165) is 6.42 Å². The molecular weight excluding hydrogens is 262 g/mol. The third-order valence-corrected chi connectivity index (χ3v) is 3.24. The van der Waals surface area contributed by atoms with Crippen LogP contribution in [0.5, 0.6) is 0 Å². The van der Waals surface area contributed by atoms with E-state index < -0.39 is 0 Å². The van der Waals surface area contributed by atoms with E-state index in [2.05, 4.69) is 31.9 Å². The monoisotopic (exact) mass is 273 g/mol. The summed E-state index contributed by atoms with van der Waals surface area (Å²) in [6.45, 7) is 0.638. The van der Waals surface area contributed by atoms with Gasteiger partial charge in [-0.2, -0.15) is 0 Å². The van der Waals surface area contributed by atoms with E-state index in [-0.39, 0.29) is 5.96 Å². The van der Waals surface area contributed by atoms with Gasteiger partial charge in [0.15, 0.2) is 5.96 Å². The zero-order valence-electron chi connectivity index (χ0n) is 7.61. The van der Waals surface area contributed by atoms with Crippen molar-refractivity contribution >= 4 is 31.0 Å². The molecule has 0 heterocycles. The Morgan fingerprint density at radius 3 is 2.86 bits per heavy atom. The van der Waals surface area contributed by atoms with Crippen LogP contribution in [-0.4, -0.2) is 12.5 Å². The molecule has 0 saturated heterocycles. The second kappa shape index (κ2) is 5.93. The standard InChI is InChI=1S/C9H12BrN3S/c10-14-8-3-1-2-7(6-8)4-5-13-9(11)12/h1-3,6H,4-5H2,(H4,11,12,13). The van der Waals surface area contributed by atoms with E-state index in [1.165, 1.54) is 10.5 Å². The Bertz CT molecular complexity index is 324. The smallest absolute Gasteiger partial charge is 0.185 e. The highest BCUT2D eigenvalue weighted by Gasteiger charge is 1.95. The summed E-state index contributed by atoms with van der Waals surface area (Å²) in [5.74, 6) is 0.149. The molecule has 0 aliphatic carbocycles. The van der Waals surface area contributed by atoms with Crippen molar-refractivity contribution in [3.8, 4) is 0 Å². The fourth-order valence-electron chi connectivity index (χ4n) is 1.06. The van der Waals surface area contributed by atoms with Gasteiger partial charge in [-0.05, 0) is 49.1 Å². The minimum Gasteiger partial charge on any atom is -0.370 e. The molecule has 3 nitrogen and oxygen atoms in total. The highest BCUT2D eigenvalue weighted by atomic mass is 79.9. The average Bonchev–Trinajstić information content (AvgIpc) is 2.18. The molecule has 0 bridgehead atoms. The van der Waals surface area contributed by atoms with E-state index in [9.17, 15) is 0 Å². The molecule has 14 heavy (non-hydrogen) atoms. The molecule has 1 rings (SSSR count). The minimum atomic E-state index is 0.149. The van der Waals surface area contributed by atoms with Gasteiger partial charge in [0, 0.05) is 11.4 Å². The second-order valence-electron chi connectivity index (χ2n) is 2.78. The Balaban J connectivity index is 2.54. The van der Waals surface area contributed by atoms with Gasteiger partial charge in [0.05, 0.1) is 0 Å². The van der Waals surface area contributed by atoms with Gasteiger partial charge < -0.3 is 11.5 Å². The lowest BCUT2D eigenvalue weighted by Gasteiger charge is -2.00. The van der Waals surface area contributed by atoms with Gasteiger partial charge in [0.2, 0.25) is 0 Å². The molecule has 76 valence electrons. The van der Waals surface area contributed by atoms with Gasteiger partial charge in [-0.3, -0.25) is 4.99 Å². The Hall–Kier alpha value is -0.680. The van der Waals surface area contributed by atoms with Gasteiger partial charge in [-0.1, -0.05) is 12.1 Å². The normalized spacial score (nSPS) is 9.79. The van der Waals surface area contributed by atoms with Crippen molar-refractivity contribution in [2.45, 2.75) is 11.3 Å². The molecule has 0 saturated carbocycles. The van der Waals surface area contributed by atoms with Gasteiger partial charge in [0.1, 0.15) is 0 Å². The van der Waals surface area contributed by atoms with Crippen molar-refractivity contribution in [1.29, 1.82) is 0 Å². The summed E-state index contributed by atoms with van der Waals surface area (Å²) < 4.78 is 0. The Labute approximate surface area is 95.2 Å². The maximum atomic E-state index is 5.23. The molecule has 0 atom stereocenters. The molecule has 5 heteroatoms. The van der Waals surface area contributed by atoms with Crippen LogP contribution in [0.25, 0.3) is 0 Å². The number of aliphatic imine (C=N–C) groups is 1. The lowest BCUT2D eigenvalue weighted by atomic mass is 10.1. The molecule has 0 radical (unpaired) electrons. The summed E-state index contributed by atoms with van der Waals surface area (Å²) in [5, 5.41) is 0. The second-order valence-corrected chi connectivity index (χ2v) is 4.38. The first-order valence-corrected chi connectivity index (χ1v) is 6.81. The van der Waals surface area contributed by atoms with Crippen LogP contribution in [-0.2, 0) is 6.42 Å². The highest BCUT2D eigenvalue weighted by molar-refractivity contribution is 9.50. The van der Waals surface area contributed by atoms with E-state index >= 15 is 0 Å². The first-order chi connectivity index (χ1) is 6.72. The van der Waals surface area contributed by atoms with Gasteiger partial charge in [-0.25, -0.2) is 0 Å². The number of rotatable bonds is 4. The molecule has 0 aliphatic rings. The first kappa shape index (κ1) is 11.4. The van der Waals surface area contributed by atoms with Gasteiger partial charge in [0.25, 0.3) is 0 Å². The average molecular weight is 274 g/mol. The molecule has 0 unspecified atom stereocenters. The van der Waals surface area contributed by atoms with Crippen LogP contribution in [0.4, 0.5) is 0 Å². The van der Waals surface area contributed by atoms with Crippen LogP contribution in [0.15, 0.2) is 34.2 Å². The van der Waals surface area contributed by atoms with Crippen LogP contribution in [0.3, 0.4) is 0 Å². The molecular formula is C9H12BrN3S. The molecule has 0 aliphatic heterocycles. The number of nitrogens with two attached hydrogens (primary N) is 2. The summed E-state index contributed by atoms with van der Waals surface area (Å²) in [7, 11) is 1.55. The number of hydrogen-bond donors (Lipinski definition) is 2. The van der Waals surface area contributed by atoms with Crippen LogP contribution in [0.1, 0.15) is 5.56 Å². The molecule has 0 aromatic heterocycles. The topological polar surface area (TPSA) is 64.4 Å². The quantitative estimate of drug-likeness (QED) is 0.651. The summed E-state index contributed by atoms with van der Waals surface area (Å²) in [6.07, 6.45) is 0.860. The summed E-state index contributed by atoms with van der Waals surface area (Å²) in [4.78, 5) is 5.12. The zero-order chi connectivity index (χ0) is 10.4. The SMILES string of the molecule is NC(N)=NCCc1cccc(SBr)c1.